The molecule has 10 nitrogen and oxygen atoms in total. The highest BCUT2D eigenvalue weighted by molar-refractivity contribution is 5.09. The highest BCUT2D eigenvalue weighted by atomic mass is 16.9. The minimum Gasteiger partial charge on any atom is -0.356 e. The summed E-state index contributed by atoms with van der Waals surface area (Å²) in [4.78, 5) is 20.8. The van der Waals surface area contributed by atoms with Crippen LogP contribution in [-0.2, 0) is 0 Å². The minimum absolute atomic E-state index is 0.943. The first-order valence-corrected chi connectivity index (χ1v) is 4.96. The Bertz CT molecular complexity index is 464. The second kappa shape index (κ2) is 9.70. The molecule has 2 heterocycles. The van der Waals surface area contributed by atoms with Crippen LogP contribution in [-0.4, -0.2) is 20.4 Å². The maximum Gasteiger partial charge on any atom is 0.327 e. The van der Waals surface area contributed by atoms with Crippen LogP contribution in [0.1, 0.15) is 0 Å². The van der Waals surface area contributed by atoms with Crippen LogP contribution in [0.25, 0.3) is 5.82 Å². The fourth-order valence-electron chi connectivity index (χ4n) is 1.06. The lowest BCUT2D eigenvalue weighted by atomic mass is 10.4. The third-order valence-corrected chi connectivity index (χ3v) is 1.63. The van der Waals surface area contributed by atoms with E-state index in [2.05, 4.69) is 4.98 Å². The predicted molar refractivity (Wildman–Crippen MR) is 64.9 cm³/mol. The highest BCUT2D eigenvalue weighted by Gasteiger charge is 2.01. The van der Waals surface area contributed by atoms with Crippen molar-refractivity contribution in [2.24, 2.45) is 0 Å². The second-order valence-electron chi connectivity index (χ2n) is 2.93. The lowest BCUT2D eigenvalue weighted by Crippen LogP contribution is -2.29. The Balaban J connectivity index is 0.000000380. The summed E-state index contributed by atoms with van der Waals surface area (Å²) in [6.07, 6.45) is 5.74. The van der Waals surface area contributed by atoms with Crippen LogP contribution in [0.2, 0.25) is 0 Å². The summed E-state index contributed by atoms with van der Waals surface area (Å²) in [6.45, 7) is 0. The van der Waals surface area contributed by atoms with Crippen molar-refractivity contribution in [3.05, 3.63) is 80.4 Å². The van der Waals surface area contributed by atoms with E-state index in [0.717, 1.165) is 5.82 Å². The molecule has 0 amide bonds. The van der Waals surface area contributed by atoms with Crippen LogP contribution in [0.15, 0.2) is 55.0 Å². The molecule has 0 unspecified atom stereocenters. The molecule has 106 valence electrons. The van der Waals surface area contributed by atoms with Crippen molar-refractivity contribution >= 4 is 0 Å². The van der Waals surface area contributed by atoms with Crippen molar-refractivity contribution in [2.45, 2.75) is 0 Å². The van der Waals surface area contributed by atoms with Gasteiger partial charge in [-0.3, -0.25) is 0 Å². The van der Waals surface area contributed by atoms with Crippen molar-refractivity contribution < 1.29 is 19.9 Å². The molecule has 0 saturated carbocycles. The molecule has 0 saturated heterocycles. The summed E-state index contributed by atoms with van der Waals surface area (Å²) in [7, 11) is 0. The summed E-state index contributed by atoms with van der Waals surface area (Å²) in [6, 6.07) is 11.8. The number of pyridine rings is 2. The van der Waals surface area contributed by atoms with E-state index in [1.165, 1.54) is 0 Å². The molecule has 0 aliphatic carbocycles. The van der Waals surface area contributed by atoms with Gasteiger partial charge in [-0.1, -0.05) is 12.1 Å². The Kier molecular flexibility index (Phi) is 8.10. The zero-order chi connectivity index (χ0) is 15.4. The Morgan fingerprint density at radius 2 is 1.50 bits per heavy atom. The molecule has 2 aromatic rings. The lowest BCUT2D eigenvalue weighted by molar-refractivity contribution is -0.742. The van der Waals surface area contributed by atoms with Crippen LogP contribution in [0, 0.1) is 25.4 Å². The standard InChI is InChI=1S/C10H9N2.HNO3.NO3/c1-4-8-12(9-5-1)10-6-2-3-7-11-10;2*2-1(3)4/h1-9H;(H,2,3,4);/q+1;;-1. The van der Waals surface area contributed by atoms with E-state index in [0.29, 0.717) is 0 Å². The number of hydrogen-bond donors (Lipinski definition) is 1. The van der Waals surface area contributed by atoms with Gasteiger partial charge in [-0.05, 0) is 23.2 Å². The van der Waals surface area contributed by atoms with Gasteiger partial charge in [-0.15, -0.1) is 10.1 Å². The average Bonchev–Trinajstić information content (AvgIpc) is 2.39. The smallest absolute Gasteiger partial charge is 0.327 e. The molecule has 0 aliphatic heterocycles. The normalized spacial score (nSPS) is 8.20. The molecular weight excluding hydrogens is 272 g/mol. The fourth-order valence-corrected chi connectivity index (χ4v) is 1.06. The molecule has 0 aromatic carbocycles. The molecule has 10 heteroatoms. The van der Waals surface area contributed by atoms with Gasteiger partial charge in [0, 0.05) is 6.07 Å². The first kappa shape index (κ1) is 16.7. The van der Waals surface area contributed by atoms with Crippen LogP contribution >= 0.6 is 0 Å². The van der Waals surface area contributed by atoms with Crippen molar-refractivity contribution in [1.29, 1.82) is 0 Å². The summed E-state index contributed by atoms with van der Waals surface area (Å²) in [5.74, 6) is 0.943. The minimum atomic E-state index is -1.75. The van der Waals surface area contributed by atoms with Crippen LogP contribution < -0.4 is 4.57 Å². The SMILES string of the molecule is O=[N+]([O-])O.O=[N+]([O-])[O-].c1cc[n+](-c2ccccn2)cc1. The van der Waals surface area contributed by atoms with Gasteiger partial charge >= 0.3 is 5.82 Å². The Morgan fingerprint density at radius 3 is 1.90 bits per heavy atom. The first-order valence-electron chi connectivity index (χ1n) is 4.96. The Hall–Kier alpha value is -3.30. The average molecular weight is 282 g/mol. The third kappa shape index (κ3) is 9.89. The molecule has 2 aromatic heterocycles. The maximum atomic E-state index is 8.36. The fraction of sp³-hybridized carbons (Fsp3) is 0. The van der Waals surface area contributed by atoms with Gasteiger partial charge in [0.2, 0.25) is 0 Å². The second-order valence-corrected chi connectivity index (χ2v) is 2.93. The topological polar surface area (TPSA) is 146 Å². The number of aromatic nitrogens is 2. The Labute approximate surface area is 112 Å². The van der Waals surface area contributed by atoms with Crippen LogP contribution in [0.4, 0.5) is 0 Å². The maximum absolute atomic E-state index is 8.36. The van der Waals surface area contributed by atoms with E-state index in [1.807, 2.05) is 53.4 Å². The van der Waals surface area contributed by atoms with E-state index >= 15 is 0 Å². The van der Waals surface area contributed by atoms with Crippen molar-refractivity contribution in [1.82, 2.24) is 4.98 Å². The monoisotopic (exact) mass is 282 g/mol. The summed E-state index contributed by atoms with van der Waals surface area (Å²) >= 11 is 0. The van der Waals surface area contributed by atoms with E-state index in [-0.39, 0.29) is 0 Å². The molecule has 0 fully saturated rings. The van der Waals surface area contributed by atoms with Gasteiger partial charge in [-0.2, -0.15) is 0 Å². The largest absolute Gasteiger partial charge is 0.356 e. The van der Waals surface area contributed by atoms with Gasteiger partial charge < -0.3 is 20.5 Å². The molecule has 20 heavy (non-hydrogen) atoms. The molecule has 0 atom stereocenters. The number of rotatable bonds is 1. The molecule has 0 spiro atoms. The van der Waals surface area contributed by atoms with E-state index in [4.69, 9.17) is 30.6 Å². The molecule has 1 N–H and O–H groups in total. The van der Waals surface area contributed by atoms with Gasteiger partial charge in [-0.25, -0.2) is 4.57 Å². The van der Waals surface area contributed by atoms with Gasteiger partial charge in [0.05, 0.1) is 17.5 Å². The summed E-state index contributed by atoms with van der Waals surface area (Å²) < 4.78 is 1.97. The van der Waals surface area contributed by atoms with E-state index < -0.39 is 10.2 Å². The van der Waals surface area contributed by atoms with Crippen molar-refractivity contribution in [2.75, 3.05) is 0 Å². The highest BCUT2D eigenvalue weighted by Crippen LogP contribution is 1.91. The van der Waals surface area contributed by atoms with Crippen LogP contribution in [0.3, 0.4) is 0 Å². The van der Waals surface area contributed by atoms with Gasteiger partial charge in [0.1, 0.15) is 6.20 Å². The molecule has 0 aliphatic rings. The summed E-state index contributed by atoms with van der Waals surface area (Å²) in [5.41, 5.74) is 0. The molecule has 0 bridgehead atoms. The first-order chi connectivity index (χ1) is 9.43. The van der Waals surface area contributed by atoms with Crippen molar-refractivity contribution in [3.8, 4) is 5.82 Å². The predicted octanol–water partition coefficient (Wildman–Crippen LogP) is 0.772. The van der Waals surface area contributed by atoms with Gasteiger partial charge in [0.15, 0.2) is 0 Å². The number of hydrogen-bond acceptors (Lipinski definition) is 6. The summed E-state index contributed by atoms with van der Waals surface area (Å²) in [5, 5.41) is 28.4. The number of nitrogens with zero attached hydrogens (tertiary/aromatic N) is 4. The Morgan fingerprint density at radius 1 is 1.00 bits per heavy atom. The third-order valence-electron chi connectivity index (χ3n) is 1.63. The van der Waals surface area contributed by atoms with E-state index in [9.17, 15) is 0 Å². The van der Waals surface area contributed by atoms with E-state index in [1.54, 1.807) is 6.20 Å². The molecule has 0 radical (unpaired) electrons. The van der Waals surface area contributed by atoms with Gasteiger partial charge in [0.25, 0.3) is 5.09 Å². The lowest BCUT2D eigenvalue weighted by Gasteiger charge is -1.91. The quantitative estimate of drug-likeness (QED) is 0.461. The van der Waals surface area contributed by atoms with Crippen LogP contribution in [0.5, 0.6) is 0 Å². The zero-order valence-corrected chi connectivity index (χ0v) is 9.97. The zero-order valence-electron chi connectivity index (χ0n) is 9.97. The molecular formula is C10H10N4O6. The van der Waals surface area contributed by atoms with Crippen molar-refractivity contribution in [3.63, 3.8) is 0 Å². The molecule has 2 rings (SSSR count).